The maximum atomic E-state index is 13.5. The first-order valence-corrected chi connectivity index (χ1v) is 10.0. The van der Waals surface area contributed by atoms with Gasteiger partial charge in [0.2, 0.25) is 5.95 Å². The summed E-state index contributed by atoms with van der Waals surface area (Å²) < 4.78 is 26.6. The first kappa shape index (κ1) is 23.1. The lowest BCUT2D eigenvalue weighted by atomic mass is 10.0. The number of rotatable bonds is 7. The predicted molar refractivity (Wildman–Crippen MR) is 119 cm³/mol. The number of nitrogens with zero attached hydrogens (tertiary/aromatic N) is 3. The predicted octanol–water partition coefficient (Wildman–Crippen LogP) is 4.37. The molecule has 3 rings (SSSR count). The molecule has 0 saturated heterocycles. The number of amides is 2. The van der Waals surface area contributed by atoms with Crippen molar-refractivity contribution in [2.45, 2.75) is 39.0 Å². The molecule has 2 amide bonds. The molecule has 0 fully saturated rings. The maximum absolute atomic E-state index is 13.5. The Morgan fingerprint density at radius 2 is 1.66 bits per heavy atom. The Labute approximate surface area is 185 Å². The normalized spacial score (nSPS) is 12.2. The molecule has 0 unspecified atom stereocenters. The summed E-state index contributed by atoms with van der Waals surface area (Å²) in [7, 11) is 0. The average molecular weight is 441 g/mol. The fourth-order valence-corrected chi connectivity index (χ4v) is 2.72. The minimum atomic E-state index is -1.03. The van der Waals surface area contributed by atoms with Gasteiger partial charge in [-0.25, -0.2) is 23.5 Å². The number of hydrogen-bond donors (Lipinski definition) is 3. The van der Waals surface area contributed by atoms with Crippen LogP contribution in [0, 0.1) is 11.6 Å². The lowest BCUT2D eigenvalue weighted by molar-refractivity contribution is 0.0646. The monoisotopic (exact) mass is 441 g/mol. The third-order valence-corrected chi connectivity index (χ3v) is 4.92. The van der Waals surface area contributed by atoms with Crippen LogP contribution >= 0.6 is 0 Å². The third-order valence-electron chi connectivity index (χ3n) is 4.92. The quantitative estimate of drug-likeness (QED) is 0.506. The Bertz CT molecular complexity index is 1050. The molecule has 3 aromatic rings. The molecule has 32 heavy (non-hydrogen) atoms. The smallest absolute Gasteiger partial charge is 0.327 e. The molecule has 0 aliphatic rings. The number of anilines is 3. The molecular weight excluding hydrogens is 416 g/mol. The van der Waals surface area contributed by atoms with E-state index in [2.05, 4.69) is 20.6 Å². The summed E-state index contributed by atoms with van der Waals surface area (Å²) in [4.78, 5) is 22.9. The zero-order chi connectivity index (χ0) is 23.3. The Morgan fingerprint density at radius 3 is 2.25 bits per heavy atom. The van der Waals surface area contributed by atoms with E-state index in [1.807, 2.05) is 0 Å². The summed E-state index contributed by atoms with van der Waals surface area (Å²) in [6, 6.07) is 11.8. The van der Waals surface area contributed by atoms with Crippen LogP contribution in [0.15, 0.2) is 60.8 Å². The van der Waals surface area contributed by atoms with Gasteiger partial charge in [0, 0.05) is 18.8 Å². The van der Waals surface area contributed by atoms with E-state index in [0.29, 0.717) is 11.3 Å². The number of aromatic nitrogens is 2. The van der Waals surface area contributed by atoms with E-state index in [1.165, 1.54) is 47.5 Å². The van der Waals surface area contributed by atoms with Crippen molar-refractivity contribution in [1.82, 2.24) is 15.3 Å². The highest BCUT2D eigenvalue weighted by Gasteiger charge is 2.24. The minimum absolute atomic E-state index is 0.155. The Hall–Kier alpha value is -3.59. The van der Waals surface area contributed by atoms with Gasteiger partial charge in [0.1, 0.15) is 17.5 Å². The van der Waals surface area contributed by atoms with Gasteiger partial charge in [-0.1, -0.05) is 12.1 Å². The standard InChI is InChI=1S/C23H25F2N5O2/c1-15(23(2,3)32)28-21-26-13-12-20(29-21)30(19-10-8-18(25)9-11-19)22(31)27-14-16-4-6-17(24)7-5-16/h4-13,15,32H,14H2,1-3H3,(H,27,31)(H,26,28,29)/t15-/m0/s1. The summed E-state index contributed by atoms with van der Waals surface area (Å²) >= 11 is 0. The van der Waals surface area contributed by atoms with Crippen LogP contribution in [-0.2, 0) is 6.54 Å². The van der Waals surface area contributed by atoms with Gasteiger partial charge in [0.05, 0.1) is 17.3 Å². The van der Waals surface area contributed by atoms with Crippen molar-refractivity contribution in [3.8, 4) is 0 Å². The van der Waals surface area contributed by atoms with Gasteiger partial charge in [-0.05, 0) is 62.7 Å². The van der Waals surface area contributed by atoms with Crippen LogP contribution in [0.4, 0.5) is 31.0 Å². The molecule has 0 radical (unpaired) electrons. The highest BCUT2D eigenvalue weighted by atomic mass is 19.1. The highest BCUT2D eigenvalue weighted by Crippen LogP contribution is 2.25. The number of hydrogen-bond acceptors (Lipinski definition) is 5. The molecule has 1 atom stereocenters. The second kappa shape index (κ2) is 9.69. The lowest BCUT2D eigenvalue weighted by Crippen LogP contribution is -2.40. The van der Waals surface area contributed by atoms with Gasteiger partial charge in [0.25, 0.3) is 0 Å². The fourth-order valence-electron chi connectivity index (χ4n) is 2.72. The highest BCUT2D eigenvalue weighted by molar-refractivity contribution is 5.98. The zero-order valence-corrected chi connectivity index (χ0v) is 18.0. The largest absolute Gasteiger partial charge is 0.388 e. The van der Waals surface area contributed by atoms with E-state index < -0.39 is 17.4 Å². The van der Waals surface area contributed by atoms with Crippen LogP contribution < -0.4 is 15.5 Å². The van der Waals surface area contributed by atoms with E-state index in [0.717, 1.165) is 0 Å². The number of aliphatic hydroxyl groups is 1. The second-order valence-corrected chi connectivity index (χ2v) is 7.86. The summed E-state index contributed by atoms with van der Waals surface area (Å²) in [5, 5.41) is 15.9. The topological polar surface area (TPSA) is 90.4 Å². The number of nitrogens with one attached hydrogen (secondary N) is 2. The molecule has 1 aromatic heterocycles. The molecule has 0 saturated carbocycles. The van der Waals surface area contributed by atoms with Gasteiger partial charge in [-0.3, -0.25) is 0 Å². The van der Waals surface area contributed by atoms with Crippen molar-refractivity contribution in [3.05, 3.63) is 78.0 Å². The Balaban J connectivity index is 1.87. The van der Waals surface area contributed by atoms with Gasteiger partial charge in [0.15, 0.2) is 0 Å². The number of halogens is 2. The average Bonchev–Trinajstić information content (AvgIpc) is 2.74. The Morgan fingerprint density at radius 1 is 1.06 bits per heavy atom. The van der Waals surface area contributed by atoms with Crippen molar-refractivity contribution < 1.29 is 18.7 Å². The SMILES string of the molecule is C[C@H](Nc1nccc(N(C(=O)NCc2ccc(F)cc2)c2ccc(F)cc2)n1)C(C)(C)O. The summed E-state index contributed by atoms with van der Waals surface area (Å²) in [6.07, 6.45) is 1.48. The van der Waals surface area contributed by atoms with Gasteiger partial charge in [-0.15, -0.1) is 0 Å². The molecule has 0 aliphatic carbocycles. The van der Waals surface area contributed by atoms with Crippen molar-refractivity contribution >= 4 is 23.5 Å². The van der Waals surface area contributed by atoms with E-state index in [1.54, 1.807) is 39.0 Å². The van der Waals surface area contributed by atoms with Crippen LogP contribution in [0.2, 0.25) is 0 Å². The maximum Gasteiger partial charge on any atom is 0.327 e. The van der Waals surface area contributed by atoms with Gasteiger partial charge in [-0.2, -0.15) is 4.98 Å². The molecular formula is C23H25F2N5O2. The fraction of sp³-hybridized carbons (Fsp3) is 0.261. The molecule has 0 spiro atoms. The molecule has 168 valence electrons. The molecule has 1 heterocycles. The third kappa shape index (κ3) is 5.98. The van der Waals surface area contributed by atoms with Crippen molar-refractivity contribution in [1.29, 1.82) is 0 Å². The van der Waals surface area contributed by atoms with Crippen LogP contribution in [0.3, 0.4) is 0 Å². The number of benzene rings is 2. The molecule has 0 aliphatic heterocycles. The van der Waals surface area contributed by atoms with Crippen molar-refractivity contribution in [2.75, 3.05) is 10.2 Å². The van der Waals surface area contributed by atoms with Crippen LogP contribution in [0.25, 0.3) is 0 Å². The summed E-state index contributed by atoms with van der Waals surface area (Å²) in [5.41, 5.74) is 0.0776. The van der Waals surface area contributed by atoms with Crippen molar-refractivity contribution in [2.24, 2.45) is 0 Å². The zero-order valence-electron chi connectivity index (χ0n) is 18.0. The van der Waals surface area contributed by atoms with Crippen LogP contribution in [0.5, 0.6) is 0 Å². The molecule has 9 heteroatoms. The van der Waals surface area contributed by atoms with Crippen LogP contribution in [0.1, 0.15) is 26.3 Å². The first-order chi connectivity index (χ1) is 15.1. The molecule has 7 nitrogen and oxygen atoms in total. The first-order valence-electron chi connectivity index (χ1n) is 10.0. The van der Waals surface area contributed by atoms with Gasteiger partial charge < -0.3 is 15.7 Å². The van der Waals surface area contributed by atoms with Crippen molar-refractivity contribution in [3.63, 3.8) is 0 Å². The molecule has 2 aromatic carbocycles. The van der Waals surface area contributed by atoms with Crippen LogP contribution in [-0.4, -0.2) is 32.7 Å². The molecule has 3 N–H and O–H groups in total. The van der Waals surface area contributed by atoms with Gasteiger partial charge >= 0.3 is 6.03 Å². The van der Waals surface area contributed by atoms with E-state index in [-0.39, 0.29) is 30.2 Å². The number of carbonyl (C=O) groups is 1. The number of carbonyl (C=O) groups excluding carboxylic acids is 1. The number of urea groups is 1. The summed E-state index contributed by atoms with van der Waals surface area (Å²) in [6.45, 7) is 5.25. The van der Waals surface area contributed by atoms with E-state index in [9.17, 15) is 18.7 Å². The minimum Gasteiger partial charge on any atom is -0.388 e. The van der Waals surface area contributed by atoms with E-state index in [4.69, 9.17) is 0 Å². The molecule has 0 bridgehead atoms. The lowest BCUT2D eigenvalue weighted by Gasteiger charge is -2.27. The Kier molecular flexibility index (Phi) is 6.99. The summed E-state index contributed by atoms with van der Waals surface area (Å²) in [5.74, 6) is -0.344. The second-order valence-electron chi connectivity index (χ2n) is 7.86. The van der Waals surface area contributed by atoms with E-state index >= 15 is 0 Å².